The topological polar surface area (TPSA) is 61.0 Å². The van der Waals surface area contributed by atoms with E-state index in [0.717, 1.165) is 21.4 Å². The van der Waals surface area contributed by atoms with Gasteiger partial charge in [-0.1, -0.05) is 35.2 Å². The van der Waals surface area contributed by atoms with Gasteiger partial charge in [-0.05, 0) is 11.6 Å². The molecule has 90 valence electrons. The second kappa shape index (κ2) is 6.00. The smallest absolute Gasteiger partial charge is 0.174 e. The van der Waals surface area contributed by atoms with E-state index in [4.69, 9.17) is 10.5 Å². The quantitative estimate of drug-likeness (QED) is 0.842. The average molecular weight is 267 g/mol. The molecule has 0 radical (unpaired) electrons. The lowest BCUT2D eigenvalue weighted by Crippen LogP contribution is -2.00. The Balaban J connectivity index is 2.06. The van der Waals surface area contributed by atoms with E-state index in [1.54, 1.807) is 35.7 Å². The number of methoxy groups -OCH3 is 1. The largest absolute Gasteiger partial charge is 0.496 e. The zero-order valence-corrected chi connectivity index (χ0v) is 11.1. The van der Waals surface area contributed by atoms with Gasteiger partial charge in [0.1, 0.15) is 11.3 Å². The summed E-state index contributed by atoms with van der Waals surface area (Å²) in [6, 6.07) is 6.10. The second-order valence-corrected chi connectivity index (χ2v) is 5.40. The molecular formula is C11H13N3OS2. The molecule has 0 spiro atoms. The lowest BCUT2D eigenvalue weighted by Gasteiger charge is -2.08. The molecule has 2 N–H and O–H groups in total. The molecule has 2 aromatic rings. The first-order valence-corrected chi connectivity index (χ1v) is 6.95. The van der Waals surface area contributed by atoms with Crippen molar-refractivity contribution in [2.45, 2.75) is 16.6 Å². The molecular weight excluding hydrogens is 254 g/mol. The summed E-state index contributed by atoms with van der Waals surface area (Å²) < 4.78 is 6.28. The highest BCUT2D eigenvalue weighted by Gasteiger charge is 2.04. The zero-order valence-electron chi connectivity index (χ0n) is 9.42. The van der Waals surface area contributed by atoms with Crippen LogP contribution in [-0.4, -0.2) is 17.3 Å². The minimum atomic E-state index is 0.493. The van der Waals surface area contributed by atoms with Gasteiger partial charge in [-0.15, -0.1) is 10.2 Å². The predicted molar refractivity (Wildman–Crippen MR) is 70.4 cm³/mol. The van der Waals surface area contributed by atoms with Crippen molar-refractivity contribution in [2.24, 2.45) is 5.73 Å². The summed E-state index contributed by atoms with van der Waals surface area (Å²) in [5.74, 6) is 1.71. The minimum absolute atomic E-state index is 0.493. The van der Waals surface area contributed by atoms with Crippen LogP contribution in [0.5, 0.6) is 5.75 Å². The summed E-state index contributed by atoms with van der Waals surface area (Å²) in [6.45, 7) is 0.493. The third-order valence-electron chi connectivity index (χ3n) is 2.27. The van der Waals surface area contributed by atoms with E-state index in [1.165, 1.54) is 5.56 Å². The molecule has 6 heteroatoms. The fourth-order valence-corrected chi connectivity index (χ4v) is 2.85. The van der Waals surface area contributed by atoms with Crippen LogP contribution in [0.1, 0.15) is 11.1 Å². The maximum absolute atomic E-state index is 5.63. The van der Waals surface area contributed by atoms with E-state index >= 15 is 0 Å². The van der Waals surface area contributed by atoms with E-state index in [-0.39, 0.29) is 0 Å². The molecule has 0 saturated heterocycles. The average Bonchev–Trinajstić information content (AvgIpc) is 2.89. The van der Waals surface area contributed by atoms with Crippen molar-refractivity contribution in [2.75, 3.05) is 7.11 Å². The number of thioether (sulfide) groups is 1. The van der Waals surface area contributed by atoms with E-state index in [2.05, 4.69) is 16.3 Å². The van der Waals surface area contributed by atoms with Gasteiger partial charge in [0.05, 0.1) is 7.11 Å². The predicted octanol–water partition coefficient (Wildman–Crippen LogP) is 2.30. The van der Waals surface area contributed by atoms with Gasteiger partial charge in [0, 0.05) is 17.9 Å². The van der Waals surface area contributed by atoms with Gasteiger partial charge in [0.15, 0.2) is 4.34 Å². The molecule has 0 atom stereocenters. The van der Waals surface area contributed by atoms with Crippen LogP contribution in [0.15, 0.2) is 28.0 Å². The van der Waals surface area contributed by atoms with E-state index in [1.807, 2.05) is 12.1 Å². The standard InChI is InChI=1S/C11H13N3OS2/c1-15-10-4-8(2-3-9(10)5-12)6-16-11-14-13-7-17-11/h2-4,7H,5-6,12H2,1H3. The molecule has 0 unspecified atom stereocenters. The van der Waals surface area contributed by atoms with E-state index in [0.29, 0.717) is 6.54 Å². The van der Waals surface area contributed by atoms with Gasteiger partial charge in [0.2, 0.25) is 0 Å². The van der Waals surface area contributed by atoms with Gasteiger partial charge < -0.3 is 10.5 Å². The van der Waals surface area contributed by atoms with Crippen molar-refractivity contribution in [3.8, 4) is 5.75 Å². The molecule has 4 nitrogen and oxygen atoms in total. The monoisotopic (exact) mass is 267 g/mol. The van der Waals surface area contributed by atoms with Gasteiger partial charge in [0.25, 0.3) is 0 Å². The maximum Gasteiger partial charge on any atom is 0.174 e. The SMILES string of the molecule is COc1cc(CSc2nncs2)ccc1CN. The Kier molecular flexibility index (Phi) is 4.36. The van der Waals surface area contributed by atoms with Crippen molar-refractivity contribution in [1.29, 1.82) is 0 Å². The Morgan fingerprint density at radius 2 is 2.35 bits per heavy atom. The van der Waals surface area contributed by atoms with Crippen LogP contribution < -0.4 is 10.5 Å². The first-order chi connectivity index (χ1) is 8.33. The van der Waals surface area contributed by atoms with E-state index in [9.17, 15) is 0 Å². The molecule has 0 saturated carbocycles. The van der Waals surface area contributed by atoms with E-state index < -0.39 is 0 Å². The highest BCUT2D eigenvalue weighted by Crippen LogP contribution is 2.26. The van der Waals surface area contributed by atoms with Crippen molar-refractivity contribution >= 4 is 23.1 Å². The van der Waals surface area contributed by atoms with Crippen molar-refractivity contribution in [3.63, 3.8) is 0 Å². The Morgan fingerprint density at radius 3 is 3.00 bits per heavy atom. The van der Waals surface area contributed by atoms with Gasteiger partial charge >= 0.3 is 0 Å². The number of rotatable bonds is 5. The van der Waals surface area contributed by atoms with Crippen LogP contribution in [0.4, 0.5) is 0 Å². The van der Waals surface area contributed by atoms with Crippen LogP contribution >= 0.6 is 23.1 Å². The Morgan fingerprint density at radius 1 is 1.47 bits per heavy atom. The highest BCUT2D eigenvalue weighted by atomic mass is 32.2. The molecule has 0 fully saturated rings. The highest BCUT2D eigenvalue weighted by molar-refractivity contribution is 8.00. The van der Waals surface area contributed by atoms with Crippen LogP contribution in [0.3, 0.4) is 0 Å². The van der Waals surface area contributed by atoms with Gasteiger partial charge in [-0.25, -0.2) is 0 Å². The number of hydrogen-bond acceptors (Lipinski definition) is 6. The normalized spacial score (nSPS) is 10.5. The molecule has 2 rings (SSSR count). The lowest BCUT2D eigenvalue weighted by atomic mass is 10.1. The number of ether oxygens (including phenoxy) is 1. The summed E-state index contributed by atoms with van der Waals surface area (Å²) >= 11 is 3.22. The molecule has 0 amide bonds. The molecule has 1 heterocycles. The summed E-state index contributed by atoms with van der Waals surface area (Å²) in [7, 11) is 1.66. The first-order valence-electron chi connectivity index (χ1n) is 5.08. The number of hydrogen-bond donors (Lipinski definition) is 1. The summed E-state index contributed by atoms with van der Waals surface area (Å²) in [5, 5.41) is 7.79. The summed E-state index contributed by atoms with van der Waals surface area (Å²) in [6.07, 6.45) is 0. The summed E-state index contributed by atoms with van der Waals surface area (Å²) in [4.78, 5) is 0. The number of aromatic nitrogens is 2. The maximum atomic E-state index is 5.63. The first kappa shape index (κ1) is 12.3. The van der Waals surface area contributed by atoms with Crippen LogP contribution in [0.25, 0.3) is 0 Å². The molecule has 0 bridgehead atoms. The minimum Gasteiger partial charge on any atom is -0.496 e. The lowest BCUT2D eigenvalue weighted by molar-refractivity contribution is 0.409. The van der Waals surface area contributed by atoms with Crippen molar-refractivity contribution < 1.29 is 4.74 Å². The Hall–Kier alpha value is -1.11. The van der Waals surface area contributed by atoms with Gasteiger partial charge in [-0.2, -0.15) is 0 Å². The third kappa shape index (κ3) is 3.18. The molecule has 17 heavy (non-hydrogen) atoms. The molecule has 1 aromatic carbocycles. The molecule has 0 aliphatic carbocycles. The fraction of sp³-hybridized carbons (Fsp3) is 0.273. The zero-order chi connectivity index (χ0) is 12.1. The van der Waals surface area contributed by atoms with Crippen LogP contribution in [-0.2, 0) is 12.3 Å². The van der Waals surface area contributed by atoms with Crippen molar-refractivity contribution in [1.82, 2.24) is 10.2 Å². The Bertz CT molecular complexity index is 474. The number of nitrogens with two attached hydrogens (primary N) is 1. The van der Waals surface area contributed by atoms with Crippen molar-refractivity contribution in [3.05, 3.63) is 34.8 Å². The van der Waals surface area contributed by atoms with Crippen LogP contribution in [0.2, 0.25) is 0 Å². The number of benzene rings is 1. The summed E-state index contributed by atoms with van der Waals surface area (Å²) in [5.41, 5.74) is 9.58. The number of nitrogens with zero attached hydrogens (tertiary/aromatic N) is 2. The van der Waals surface area contributed by atoms with Crippen LogP contribution in [0, 0.1) is 0 Å². The molecule has 1 aromatic heterocycles. The fourth-order valence-electron chi connectivity index (χ4n) is 1.42. The Labute approximate surface area is 108 Å². The third-order valence-corrected chi connectivity index (χ3v) is 4.21. The second-order valence-electron chi connectivity index (χ2n) is 3.34. The van der Waals surface area contributed by atoms with Gasteiger partial charge in [-0.3, -0.25) is 0 Å². The molecule has 0 aliphatic heterocycles. The molecule has 0 aliphatic rings.